The highest BCUT2D eigenvalue weighted by molar-refractivity contribution is 5.75. The Hall–Kier alpha value is -0.715. The van der Waals surface area contributed by atoms with Crippen molar-refractivity contribution in [1.29, 1.82) is 0 Å². The second-order valence-corrected chi connectivity index (χ2v) is 4.55. The van der Waals surface area contributed by atoms with Crippen LogP contribution in [0.3, 0.4) is 0 Å². The fourth-order valence-corrected chi connectivity index (χ4v) is 1.21. The largest absolute Gasteiger partial charge is 0.0588 e. The van der Waals surface area contributed by atoms with E-state index in [2.05, 4.69) is 52.8 Å². The molecule has 0 spiro atoms. The van der Waals surface area contributed by atoms with Crippen molar-refractivity contribution < 1.29 is 0 Å². The molecule has 0 saturated heterocycles. The van der Waals surface area contributed by atoms with Gasteiger partial charge in [-0.05, 0) is 36.0 Å². The minimum atomic E-state index is 0. The van der Waals surface area contributed by atoms with Gasteiger partial charge in [-0.2, -0.15) is 0 Å². The van der Waals surface area contributed by atoms with Crippen LogP contribution in [0.1, 0.15) is 37.5 Å². The van der Waals surface area contributed by atoms with Gasteiger partial charge in [0, 0.05) is 8.41 Å². The second-order valence-electron chi connectivity index (χ2n) is 4.55. The summed E-state index contributed by atoms with van der Waals surface area (Å²) in [4.78, 5) is 0. The van der Waals surface area contributed by atoms with Crippen molar-refractivity contribution in [2.75, 3.05) is 0 Å². The minimum Gasteiger partial charge on any atom is -0.0588 e. The summed E-state index contributed by atoms with van der Waals surface area (Å²) < 4.78 is 0. The van der Waals surface area contributed by atoms with Gasteiger partial charge in [-0.15, -0.1) is 0 Å². The number of benzene rings is 1. The monoisotopic (exact) mass is 173 g/mol. The van der Waals surface area contributed by atoms with Crippen LogP contribution in [0, 0.1) is 13.8 Å². The molecule has 0 aliphatic carbocycles. The van der Waals surface area contributed by atoms with Gasteiger partial charge in [0.2, 0.25) is 0 Å². The first-order chi connectivity index (χ1) is 5.41. The van der Waals surface area contributed by atoms with E-state index in [4.69, 9.17) is 0 Å². The molecular formula is C12H18B. The number of rotatable bonds is 0. The Bertz CT molecular complexity index is 282. The van der Waals surface area contributed by atoms with E-state index >= 15 is 0 Å². The predicted octanol–water partition coefficient (Wildman–Crippen LogP) is 3.22. The topological polar surface area (TPSA) is 0 Å². The van der Waals surface area contributed by atoms with Gasteiger partial charge in [-0.1, -0.05) is 39.0 Å². The molecule has 0 nitrogen and oxygen atoms in total. The lowest BCUT2D eigenvalue weighted by molar-refractivity contribution is 0.589. The van der Waals surface area contributed by atoms with Gasteiger partial charge in [0.05, 0.1) is 0 Å². The number of aryl methyl sites for hydroxylation is 2. The molecule has 0 aromatic heterocycles. The smallest absolute Gasteiger partial charge is 0 e. The number of hydrogen-bond donors (Lipinski definition) is 0. The fraction of sp³-hybridized carbons (Fsp3) is 0.500. The third-order valence-corrected chi connectivity index (χ3v) is 2.37. The number of hydrogen-bond acceptors (Lipinski definition) is 0. The van der Waals surface area contributed by atoms with Gasteiger partial charge >= 0.3 is 0 Å². The first-order valence-electron chi connectivity index (χ1n) is 4.49. The van der Waals surface area contributed by atoms with Crippen LogP contribution in [0.5, 0.6) is 0 Å². The summed E-state index contributed by atoms with van der Waals surface area (Å²) in [5.41, 5.74) is 4.47. The maximum Gasteiger partial charge on any atom is 0 e. The zero-order valence-electron chi connectivity index (χ0n) is 9.31. The molecule has 0 atom stereocenters. The Morgan fingerprint density at radius 3 is 1.85 bits per heavy atom. The van der Waals surface area contributed by atoms with E-state index in [0.717, 1.165) is 0 Å². The molecule has 0 fully saturated rings. The van der Waals surface area contributed by atoms with Gasteiger partial charge in [0.15, 0.2) is 0 Å². The SMILES string of the molecule is Cc1ccc(C(C)(C)C)cc1C.[B]. The lowest BCUT2D eigenvalue weighted by Crippen LogP contribution is -2.11. The van der Waals surface area contributed by atoms with Crippen molar-refractivity contribution in [2.24, 2.45) is 0 Å². The third-order valence-electron chi connectivity index (χ3n) is 2.37. The fourth-order valence-electron chi connectivity index (χ4n) is 1.21. The molecule has 0 unspecified atom stereocenters. The molecule has 3 radical (unpaired) electrons. The van der Waals surface area contributed by atoms with Crippen LogP contribution in [-0.4, -0.2) is 8.41 Å². The van der Waals surface area contributed by atoms with E-state index in [1.54, 1.807) is 0 Å². The summed E-state index contributed by atoms with van der Waals surface area (Å²) in [5, 5.41) is 0. The van der Waals surface area contributed by atoms with Crippen LogP contribution in [0.25, 0.3) is 0 Å². The van der Waals surface area contributed by atoms with Crippen molar-refractivity contribution in [3.63, 3.8) is 0 Å². The van der Waals surface area contributed by atoms with Crippen molar-refractivity contribution >= 4 is 8.41 Å². The molecule has 0 amide bonds. The molecule has 1 aromatic carbocycles. The molecule has 13 heavy (non-hydrogen) atoms. The normalized spacial score (nSPS) is 10.8. The molecular weight excluding hydrogens is 155 g/mol. The van der Waals surface area contributed by atoms with Gasteiger partial charge < -0.3 is 0 Å². The van der Waals surface area contributed by atoms with Gasteiger partial charge in [0.1, 0.15) is 0 Å². The van der Waals surface area contributed by atoms with Crippen LogP contribution in [-0.2, 0) is 5.41 Å². The maximum atomic E-state index is 2.29. The maximum absolute atomic E-state index is 2.29. The van der Waals surface area contributed by atoms with Crippen LogP contribution >= 0.6 is 0 Å². The lowest BCUT2D eigenvalue weighted by Gasteiger charge is -2.19. The Kier molecular flexibility index (Phi) is 3.78. The molecule has 0 aliphatic heterocycles. The molecule has 0 heterocycles. The van der Waals surface area contributed by atoms with Crippen molar-refractivity contribution in [3.8, 4) is 0 Å². The molecule has 1 rings (SSSR count). The van der Waals surface area contributed by atoms with E-state index in [-0.39, 0.29) is 13.8 Å². The predicted molar refractivity (Wildman–Crippen MR) is 60.4 cm³/mol. The molecule has 0 aliphatic rings. The van der Waals surface area contributed by atoms with Crippen LogP contribution in [0.2, 0.25) is 0 Å². The Balaban J connectivity index is 0.00000144. The highest BCUT2D eigenvalue weighted by Gasteiger charge is 2.13. The summed E-state index contributed by atoms with van der Waals surface area (Å²) in [7, 11) is 0. The Labute approximate surface area is 83.9 Å². The second kappa shape index (κ2) is 4.00. The first kappa shape index (κ1) is 12.3. The van der Waals surface area contributed by atoms with E-state index in [9.17, 15) is 0 Å². The van der Waals surface area contributed by atoms with E-state index < -0.39 is 0 Å². The minimum absolute atomic E-state index is 0. The summed E-state index contributed by atoms with van der Waals surface area (Å²) in [6, 6.07) is 6.72. The molecule has 0 saturated carbocycles. The molecule has 0 N–H and O–H groups in total. The van der Waals surface area contributed by atoms with Crippen LogP contribution < -0.4 is 0 Å². The molecule has 0 bridgehead atoms. The summed E-state index contributed by atoms with van der Waals surface area (Å²) in [5.74, 6) is 0. The quantitative estimate of drug-likeness (QED) is 0.528. The van der Waals surface area contributed by atoms with Crippen molar-refractivity contribution in [2.45, 2.75) is 40.0 Å². The summed E-state index contributed by atoms with van der Waals surface area (Å²) in [6.45, 7) is 11.1. The average Bonchev–Trinajstić information content (AvgIpc) is 1.92. The highest BCUT2D eigenvalue weighted by Crippen LogP contribution is 2.23. The van der Waals surface area contributed by atoms with Crippen molar-refractivity contribution in [1.82, 2.24) is 0 Å². The van der Waals surface area contributed by atoms with Gasteiger partial charge in [0.25, 0.3) is 0 Å². The molecule has 1 heteroatoms. The zero-order valence-corrected chi connectivity index (χ0v) is 9.31. The highest BCUT2D eigenvalue weighted by atomic mass is 14.2. The lowest BCUT2D eigenvalue weighted by atomic mass is 9.85. The average molecular weight is 173 g/mol. The standard InChI is InChI=1S/C12H18.B/c1-9-6-7-11(8-10(9)2)12(3,4)5;/h6-8H,1-5H3;. The summed E-state index contributed by atoms with van der Waals surface area (Å²) >= 11 is 0. The zero-order chi connectivity index (χ0) is 9.35. The van der Waals surface area contributed by atoms with E-state index in [1.807, 2.05) is 0 Å². The van der Waals surface area contributed by atoms with Gasteiger partial charge in [-0.3, -0.25) is 0 Å². The van der Waals surface area contributed by atoms with E-state index in [1.165, 1.54) is 16.7 Å². The van der Waals surface area contributed by atoms with Gasteiger partial charge in [-0.25, -0.2) is 0 Å². The van der Waals surface area contributed by atoms with Crippen LogP contribution in [0.4, 0.5) is 0 Å². The van der Waals surface area contributed by atoms with Crippen molar-refractivity contribution in [3.05, 3.63) is 34.9 Å². The van der Waals surface area contributed by atoms with E-state index in [0.29, 0.717) is 0 Å². The third kappa shape index (κ3) is 2.91. The van der Waals surface area contributed by atoms with Crippen LogP contribution in [0.15, 0.2) is 18.2 Å². The Morgan fingerprint density at radius 1 is 0.923 bits per heavy atom. The first-order valence-corrected chi connectivity index (χ1v) is 4.49. The molecule has 1 aromatic rings. The molecule has 69 valence electrons. The Morgan fingerprint density at radius 2 is 1.46 bits per heavy atom. The summed E-state index contributed by atoms with van der Waals surface area (Å²) in [6.07, 6.45) is 0.